The van der Waals surface area contributed by atoms with Crippen LogP contribution in [0.5, 0.6) is 0 Å². The van der Waals surface area contributed by atoms with Crippen LogP contribution in [0.1, 0.15) is 11.3 Å². The van der Waals surface area contributed by atoms with Crippen LogP contribution in [-0.4, -0.2) is 22.7 Å². The maximum absolute atomic E-state index is 13.4. The molecule has 31 heavy (non-hydrogen) atoms. The maximum Gasteiger partial charge on any atom is 0.283 e. The largest absolute Gasteiger partial charge is 0.467 e. The Morgan fingerprint density at radius 1 is 1.10 bits per heavy atom. The van der Waals surface area contributed by atoms with Crippen molar-refractivity contribution >= 4 is 40.5 Å². The van der Waals surface area contributed by atoms with Crippen molar-refractivity contribution in [2.45, 2.75) is 6.54 Å². The zero-order chi connectivity index (χ0) is 21.6. The van der Waals surface area contributed by atoms with E-state index in [0.29, 0.717) is 16.6 Å². The molecule has 2 amide bonds. The van der Waals surface area contributed by atoms with Crippen molar-refractivity contribution in [3.63, 3.8) is 0 Å². The molecule has 0 bridgehead atoms. The summed E-state index contributed by atoms with van der Waals surface area (Å²) < 4.78 is 18.6. The molecule has 0 radical (unpaired) electrons. The Balaban J connectivity index is 1.52. The molecule has 1 aliphatic rings. The molecule has 1 aromatic heterocycles. The molecule has 0 atom stereocenters. The van der Waals surface area contributed by atoms with Gasteiger partial charge in [-0.05, 0) is 48.0 Å². The molecule has 6 nitrogen and oxygen atoms in total. The topological polar surface area (TPSA) is 74.9 Å². The molecule has 0 spiro atoms. The Labute approximate surface area is 182 Å². The number of carbonyl (C=O) groups is 2. The molecule has 0 saturated heterocycles. The fraction of sp³-hybridized carbons (Fsp3) is 0.0870. The molecule has 0 saturated carbocycles. The van der Waals surface area contributed by atoms with Gasteiger partial charge in [-0.1, -0.05) is 42.1 Å². The molecule has 8 heteroatoms. The fourth-order valence-electron chi connectivity index (χ4n) is 2.90. The summed E-state index contributed by atoms with van der Waals surface area (Å²) in [5.41, 5.74) is 1.55. The van der Waals surface area contributed by atoms with E-state index < -0.39 is 5.82 Å². The third-order valence-electron chi connectivity index (χ3n) is 4.39. The number of hydrogen-bond donors (Lipinski definition) is 1. The highest BCUT2D eigenvalue weighted by Gasteiger charge is 2.32. The van der Waals surface area contributed by atoms with E-state index in [2.05, 4.69) is 10.3 Å². The van der Waals surface area contributed by atoms with Crippen LogP contribution in [0.4, 0.5) is 10.1 Å². The van der Waals surface area contributed by atoms with E-state index in [1.807, 2.05) is 30.3 Å². The lowest BCUT2D eigenvalue weighted by atomic mass is 10.2. The van der Waals surface area contributed by atoms with E-state index >= 15 is 0 Å². The van der Waals surface area contributed by atoms with Crippen LogP contribution in [-0.2, 0) is 16.1 Å². The zero-order valence-corrected chi connectivity index (χ0v) is 17.1. The standard InChI is InChI=1S/C23H18FN3O3S/c24-17-8-10-18(11-9-17)27-22(29)20(13-16-5-2-1-3-6-16)26-23(27)31-15-21(28)25-14-19-7-4-12-30-19/h1-13H,14-15H2,(H,25,28). The van der Waals surface area contributed by atoms with Crippen LogP contribution in [0.15, 0.2) is 88.1 Å². The average molecular weight is 435 g/mol. The van der Waals surface area contributed by atoms with E-state index in [4.69, 9.17) is 4.42 Å². The summed E-state index contributed by atoms with van der Waals surface area (Å²) in [6.07, 6.45) is 3.22. The summed E-state index contributed by atoms with van der Waals surface area (Å²) in [5, 5.41) is 3.11. The Bertz CT molecular complexity index is 1130. The predicted octanol–water partition coefficient (Wildman–Crippen LogP) is 4.21. The molecule has 0 fully saturated rings. The summed E-state index contributed by atoms with van der Waals surface area (Å²) >= 11 is 1.13. The first-order valence-corrected chi connectivity index (χ1v) is 10.5. The van der Waals surface area contributed by atoms with Crippen molar-refractivity contribution in [3.05, 3.63) is 95.8 Å². The molecule has 1 aliphatic heterocycles. The van der Waals surface area contributed by atoms with Crippen LogP contribution < -0.4 is 10.2 Å². The summed E-state index contributed by atoms with van der Waals surface area (Å²) in [6, 6.07) is 18.4. The number of thioether (sulfide) groups is 1. The molecule has 3 aromatic rings. The van der Waals surface area contributed by atoms with Crippen LogP contribution in [0.25, 0.3) is 6.08 Å². The van der Waals surface area contributed by atoms with Crippen molar-refractivity contribution in [1.82, 2.24) is 5.32 Å². The van der Waals surface area contributed by atoms with Crippen molar-refractivity contribution in [2.24, 2.45) is 4.99 Å². The quantitative estimate of drug-likeness (QED) is 0.589. The molecular formula is C23H18FN3O3S. The number of rotatable bonds is 6. The molecule has 2 heterocycles. The van der Waals surface area contributed by atoms with Gasteiger partial charge in [0.2, 0.25) is 5.91 Å². The highest BCUT2D eigenvalue weighted by Crippen LogP contribution is 2.29. The SMILES string of the molecule is O=C(CSC1=NC(=Cc2ccccc2)C(=O)N1c1ccc(F)cc1)NCc1ccco1. The Morgan fingerprint density at radius 2 is 1.87 bits per heavy atom. The predicted molar refractivity (Wildman–Crippen MR) is 119 cm³/mol. The van der Waals surface area contributed by atoms with Crippen molar-refractivity contribution in [2.75, 3.05) is 10.7 Å². The van der Waals surface area contributed by atoms with Gasteiger partial charge >= 0.3 is 0 Å². The number of amidine groups is 1. The van der Waals surface area contributed by atoms with Gasteiger partial charge in [-0.25, -0.2) is 9.38 Å². The fourth-order valence-corrected chi connectivity index (χ4v) is 3.74. The van der Waals surface area contributed by atoms with Crippen LogP contribution >= 0.6 is 11.8 Å². The number of nitrogens with one attached hydrogen (secondary N) is 1. The van der Waals surface area contributed by atoms with Gasteiger partial charge in [0.25, 0.3) is 5.91 Å². The minimum atomic E-state index is -0.404. The third kappa shape index (κ3) is 5.10. The highest BCUT2D eigenvalue weighted by molar-refractivity contribution is 8.14. The number of furan rings is 1. The number of anilines is 1. The minimum absolute atomic E-state index is 0.0587. The van der Waals surface area contributed by atoms with Crippen LogP contribution in [0.3, 0.4) is 0 Å². The summed E-state index contributed by atoms with van der Waals surface area (Å²) in [4.78, 5) is 31.1. The van der Waals surface area contributed by atoms with Gasteiger partial charge in [0, 0.05) is 0 Å². The molecule has 1 N–H and O–H groups in total. The lowest BCUT2D eigenvalue weighted by Gasteiger charge is -2.17. The summed E-state index contributed by atoms with van der Waals surface area (Å²) in [7, 11) is 0. The van der Waals surface area contributed by atoms with Gasteiger partial charge in [-0.3, -0.25) is 14.5 Å². The molecular weight excluding hydrogens is 417 g/mol. The molecule has 0 unspecified atom stereocenters. The molecule has 0 aliphatic carbocycles. The van der Waals surface area contributed by atoms with Crippen molar-refractivity contribution in [3.8, 4) is 0 Å². The molecule has 2 aromatic carbocycles. The molecule has 4 rings (SSSR count). The third-order valence-corrected chi connectivity index (χ3v) is 5.33. The zero-order valence-electron chi connectivity index (χ0n) is 16.3. The number of amides is 2. The van der Waals surface area contributed by atoms with Gasteiger partial charge in [0.1, 0.15) is 17.3 Å². The van der Waals surface area contributed by atoms with E-state index in [0.717, 1.165) is 17.3 Å². The normalized spacial score (nSPS) is 14.7. The van der Waals surface area contributed by atoms with Crippen LogP contribution in [0, 0.1) is 5.82 Å². The van der Waals surface area contributed by atoms with Gasteiger partial charge in [-0.15, -0.1) is 0 Å². The first kappa shape index (κ1) is 20.6. The highest BCUT2D eigenvalue weighted by atomic mass is 32.2. The number of benzene rings is 2. The van der Waals surface area contributed by atoms with E-state index in [9.17, 15) is 14.0 Å². The van der Waals surface area contributed by atoms with Gasteiger partial charge in [0.15, 0.2) is 5.17 Å². The Kier molecular flexibility index (Phi) is 6.28. The second-order valence-corrected chi connectivity index (χ2v) is 7.54. The van der Waals surface area contributed by atoms with Gasteiger partial charge in [-0.2, -0.15) is 0 Å². The number of carbonyl (C=O) groups excluding carboxylic acids is 2. The second-order valence-electron chi connectivity index (χ2n) is 6.60. The van der Waals surface area contributed by atoms with E-state index in [-0.39, 0.29) is 29.8 Å². The summed E-state index contributed by atoms with van der Waals surface area (Å²) in [5.74, 6) is -0.264. The second kappa shape index (κ2) is 9.44. The smallest absolute Gasteiger partial charge is 0.283 e. The monoisotopic (exact) mass is 435 g/mol. The van der Waals surface area contributed by atoms with Crippen LogP contribution in [0.2, 0.25) is 0 Å². The lowest BCUT2D eigenvalue weighted by molar-refractivity contribution is -0.118. The Hall–Kier alpha value is -3.65. The summed E-state index contributed by atoms with van der Waals surface area (Å²) in [6.45, 7) is 0.276. The number of halogens is 1. The van der Waals surface area contributed by atoms with Gasteiger partial charge < -0.3 is 9.73 Å². The van der Waals surface area contributed by atoms with Crippen molar-refractivity contribution < 1.29 is 18.4 Å². The maximum atomic E-state index is 13.4. The number of hydrogen-bond acceptors (Lipinski definition) is 5. The average Bonchev–Trinajstić information content (AvgIpc) is 3.41. The first-order valence-electron chi connectivity index (χ1n) is 9.47. The Morgan fingerprint density at radius 3 is 2.58 bits per heavy atom. The molecule has 156 valence electrons. The van der Waals surface area contributed by atoms with E-state index in [1.165, 1.54) is 35.4 Å². The lowest BCUT2D eigenvalue weighted by Crippen LogP contribution is -2.32. The van der Waals surface area contributed by atoms with Crippen molar-refractivity contribution in [1.29, 1.82) is 0 Å². The minimum Gasteiger partial charge on any atom is -0.467 e. The number of aliphatic imine (C=N–C) groups is 1. The van der Waals surface area contributed by atoms with E-state index in [1.54, 1.807) is 18.2 Å². The first-order chi connectivity index (χ1) is 15.1. The van der Waals surface area contributed by atoms with Gasteiger partial charge in [0.05, 0.1) is 24.2 Å². The number of nitrogens with zero attached hydrogens (tertiary/aromatic N) is 2.